The summed E-state index contributed by atoms with van der Waals surface area (Å²) in [4.78, 5) is 16.2. The van der Waals surface area contributed by atoms with Gasteiger partial charge in [-0.05, 0) is 60.2 Å². The van der Waals surface area contributed by atoms with Crippen molar-refractivity contribution in [1.82, 2.24) is 4.98 Å². The number of aliphatic hydroxyl groups is 1. The van der Waals surface area contributed by atoms with Gasteiger partial charge in [-0.2, -0.15) is 0 Å². The molecule has 0 unspecified atom stereocenters. The van der Waals surface area contributed by atoms with Crippen LogP contribution < -0.4 is 0 Å². The van der Waals surface area contributed by atoms with E-state index in [4.69, 9.17) is 14.5 Å². The first-order valence-electron chi connectivity index (χ1n) is 13.9. The van der Waals surface area contributed by atoms with E-state index in [1.807, 2.05) is 41.8 Å². The minimum atomic E-state index is -0.125. The standard InChI is InChI=1S/C31H26NOS.C5H8O2.Ir/c1-18(2)21-10-7-11-22(19(3)4)30(21)29-15-20-17-32-26(16-28(20)34-29)25-13-8-12-24-23-9-5-6-14-27(23)33-31(24)25;1-4(6)3-5(2)7;/h5-12,14-19H,1-4H3;3,6H,1-2H3;/q-1;;/b;4-3-;. The average Bonchev–Trinajstić information content (AvgIpc) is 3.53. The Hall–Kier alpha value is -3.57. The number of allylic oxidation sites excluding steroid dienone is 2. The second-order valence-electron chi connectivity index (χ2n) is 10.9. The quantitative estimate of drug-likeness (QED) is 0.108. The first-order valence-corrected chi connectivity index (χ1v) is 14.7. The summed E-state index contributed by atoms with van der Waals surface area (Å²) in [5, 5.41) is 11.8. The molecule has 0 fully saturated rings. The Kier molecular flexibility index (Phi) is 9.83. The molecule has 6 rings (SSSR count). The molecule has 0 spiro atoms. The molecule has 1 N–H and O–H groups in total. The zero-order valence-corrected chi connectivity index (χ0v) is 27.8. The summed E-state index contributed by atoms with van der Waals surface area (Å²) >= 11 is 1.85. The van der Waals surface area contributed by atoms with Crippen LogP contribution in [0, 0.1) is 6.07 Å². The molecule has 0 atom stereocenters. The van der Waals surface area contributed by atoms with E-state index in [1.54, 1.807) is 0 Å². The maximum absolute atomic E-state index is 10.0. The number of hydrogen-bond donors (Lipinski definition) is 1. The molecule has 0 amide bonds. The number of aromatic nitrogens is 1. The van der Waals surface area contributed by atoms with Gasteiger partial charge in [-0.15, -0.1) is 29.5 Å². The van der Waals surface area contributed by atoms with Crippen molar-refractivity contribution in [3.63, 3.8) is 0 Å². The molecular formula is C36H34IrNO3S-. The van der Waals surface area contributed by atoms with E-state index >= 15 is 0 Å². The van der Waals surface area contributed by atoms with Crippen LogP contribution in [-0.4, -0.2) is 15.9 Å². The number of carbonyl (C=O) groups excluding carboxylic acids is 1. The molecule has 0 bridgehead atoms. The van der Waals surface area contributed by atoms with Gasteiger partial charge in [-0.3, -0.25) is 4.79 Å². The Bertz CT molecular complexity index is 1880. The summed E-state index contributed by atoms with van der Waals surface area (Å²) in [5.74, 6) is 0.869. The molecule has 217 valence electrons. The zero-order valence-electron chi connectivity index (χ0n) is 24.6. The Balaban J connectivity index is 0.000000454. The van der Waals surface area contributed by atoms with Gasteiger partial charge in [0.1, 0.15) is 5.58 Å². The number of nitrogens with zero attached hydrogens (tertiary/aromatic N) is 1. The number of benzene rings is 3. The number of thiophene rings is 1. The molecule has 3 heterocycles. The Morgan fingerprint density at radius 2 is 1.64 bits per heavy atom. The minimum absolute atomic E-state index is 0. The molecule has 3 aromatic heterocycles. The molecule has 0 saturated carbocycles. The second-order valence-corrected chi connectivity index (χ2v) is 12.0. The van der Waals surface area contributed by atoms with Crippen LogP contribution in [0.15, 0.2) is 89.2 Å². The summed E-state index contributed by atoms with van der Waals surface area (Å²) in [6.45, 7) is 12.0. The average molecular weight is 753 g/mol. The predicted octanol–water partition coefficient (Wildman–Crippen LogP) is 10.6. The number of furan rings is 1. The third kappa shape index (κ3) is 6.41. The molecule has 0 aliphatic carbocycles. The topological polar surface area (TPSA) is 63.3 Å². The number of rotatable bonds is 5. The maximum Gasteiger partial charge on any atom is 0.155 e. The van der Waals surface area contributed by atoms with Crippen LogP contribution in [0.1, 0.15) is 64.5 Å². The number of carbonyl (C=O) groups is 1. The first kappa shape index (κ1) is 31.4. The molecular weight excluding hydrogens is 719 g/mol. The first-order chi connectivity index (χ1) is 19.6. The van der Waals surface area contributed by atoms with E-state index in [0.717, 1.165) is 33.2 Å². The van der Waals surface area contributed by atoms with Crippen molar-refractivity contribution in [2.45, 2.75) is 53.4 Å². The Morgan fingerprint density at radius 1 is 0.952 bits per heavy atom. The summed E-state index contributed by atoms with van der Waals surface area (Å²) < 4.78 is 7.47. The predicted molar refractivity (Wildman–Crippen MR) is 172 cm³/mol. The van der Waals surface area contributed by atoms with E-state index < -0.39 is 0 Å². The minimum Gasteiger partial charge on any atom is -0.512 e. The van der Waals surface area contributed by atoms with E-state index in [0.29, 0.717) is 11.8 Å². The summed E-state index contributed by atoms with van der Waals surface area (Å²) in [6.07, 6.45) is 3.16. The van der Waals surface area contributed by atoms with Crippen molar-refractivity contribution >= 4 is 49.1 Å². The van der Waals surface area contributed by atoms with Crippen LogP contribution in [0.2, 0.25) is 0 Å². The number of para-hydroxylation sites is 1. The van der Waals surface area contributed by atoms with Crippen molar-refractivity contribution in [3.05, 3.63) is 102 Å². The summed E-state index contributed by atoms with van der Waals surface area (Å²) in [6, 6.07) is 26.8. The Labute approximate surface area is 264 Å². The van der Waals surface area contributed by atoms with Crippen molar-refractivity contribution in [2.75, 3.05) is 0 Å². The fraction of sp³-hybridized carbons (Fsp3) is 0.222. The van der Waals surface area contributed by atoms with Crippen LogP contribution in [-0.2, 0) is 24.9 Å². The smallest absolute Gasteiger partial charge is 0.155 e. The third-order valence-corrected chi connectivity index (χ3v) is 8.14. The van der Waals surface area contributed by atoms with E-state index in [-0.39, 0.29) is 31.6 Å². The number of fused-ring (bicyclic) bond motifs is 4. The van der Waals surface area contributed by atoms with E-state index in [1.165, 1.54) is 51.6 Å². The molecule has 4 nitrogen and oxygen atoms in total. The van der Waals surface area contributed by atoms with Gasteiger partial charge in [0.2, 0.25) is 0 Å². The van der Waals surface area contributed by atoms with Crippen LogP contribution in [0.5, 0.6) is 0 Å². The van der Waals surface area contributed by atoms with Gasteiger partial charge in [-0.25, -0.2) is 0 Å². The largest absolute Gasteiger partial charge is 0.512 e. The van der Waals surface area contributed by atoms with E-state index in [2.05, 4.69) is 76.2 Å². The summed E-state index contributed by atoms with van der Waals surface area (Å²) in [7, 11) is 0. The molecule has 42 heavy (non-hydrogen) atoms. The van der Waals surface area contributed by atoms with Gasteiger partial charge in [0.05, 0.1) is 11.3 Å². The molecule has 3 aromatic carbocycles. The van der Waals surface area contributed by atoms with Crippen molar-refractivity contribution in [3.8, 4) is 21.7 Å². The Morgan fingerprint density at radius 3 is 2.26 bits per heavy atom. The second kappa shape index (κ2) is 13.2. The molecule has 6 heteroatoms. The van der Waals surface area contributed by atoms with Crippen molar-refractivity contribution < 1.29 is 34.4 Å². The van der Waals surface area contributed by atoms with Crippen LogP contribution in [0.4, 0.5) is 0 Å². The van der Waals surface area contributed by atoms with Gasteiger partial charge in [0.25, 0.3) is 0 Å². The fourth-order valence-corrected chi connectivity index (χ4v) is 6.36. The normalized spacial score (nSPS) is 11.7. The number of ketones is 1. The monoisotopic (exact) mass is 753 g/mol. The number of hydrogen-bond acceptors (Lipinski definition) is 5. The maximum atomic E-state index is 10.0. The van der Waals surface area contributed by atoms with Gasteiger partial charge in [0.15, 0.2) is 5.78 Å². The molecule has 6 aromatic rings. The number of aliphatic hydroxyl groups excluding tert-OH is 1. The molecule has 0 aliphatic rings. The van der Waals surface area contributed by atoms with Crippen LogP contribution in [0.25, 0.3) is 53.7 Å². The van der Waals surface area contributed by atoms with Gasteiger partial charge >= 0.3 is 0 Å². The molecule has 1 radical (unpaired) electrons. The SMILES string of the molecule is CC(=O)/C=C(/C)O.CC(C)c1cccc(C(C)C)c1-c1cc2cnc(-c3[c-]ccc4c3oc3ccccc34)cc2s1.[Ir]. The van der Waals surface area contributed by atoms with Gasteiger partial charge < -0.3 is 14.5 Å². The van der Waals surface area contributed by atoms with Crippen molar-refractivity contribution in [1.29, 1.82) is 0 Å². The molecule has 0 saturated heterocycles. The van der Waals surface area contributed by atoms with Crippen molar-refractivity contribution in [2.24, 2.45) is 0 Å². The van der Waals surface area contributed by atoms with Crippen LogP contribution >= 0.6 is 11.3 Å². The third-order valence-electron chi connectivity index (χ3n) is 7.03. The fourth-order valence-electron chi connectivity index (χ4n) is 5.20. The van der Waals surface area contributed by atoms with Crippen LogP contribution in [0.3, 0.4) is 0 Å². The van der Waals surface area contributed by atoms with E-state index in [9.17, 15) is 4.79 Å². The zero-order chi connectivity index (χ0) is 29.3. The number of pyridine rings is 1. The van der Waals surface area contributed by atoms with Gasteiger partial charge in [-0.1, -0.05) is 81.1 Å². The summed E-state index contributed by atoms with van der Waals surface area (Å²) in [5.41, 5.74) is 7.76. The molecule has 0 aliphatic heterocycles. The van der Waals surface area contributed by atoms with Gasteiger partial charge in [0, 0.05) is 52.7 Å².